The van der Waals surface area contributed by atoms with Crippen LogP contribution in [0.15, 0.2) is 53.7 Å². The van der Waals surface area contributed by atoms with E-state index < -0.39 is 5.82 Å². The van der Waals surface area contributed by atoms with Gasteiger partial charge in [0, 0.05) is 5.69 Å². The van der Waals surface area contributed by atoms with Crippen LogP contribution in [-0.2, 0) is 11.3 Å². The molecule has 0 saturated heterocycles. The van der Waals surface area contributed by atoms with E-state index in [2.05, 4.69) is 42.5 Å². The van der Waals surface area contributed by atoms with E-state index in [0.29, 0.717) is 29.3 Å². The Morgan fingerprint density at radius 1 is 1.03 bits per heavy atom. The number of aromatic nitrogens is 1. The van der Waals surface area contributed by atoms with Gasteiger partial charge in [-0.3, -0.25) is 14.8 Å². The van der Waals surface area contributed by atoms with Crippen LogP contribution in [0.25, 0.3) is 0 Å². The van der Waals surface area contributed by atoms with Crippen molar-refractivity contribution in [3.05, 3.63) is 88.0 Å². The summed E-state index contributed by atoms with van der Waals surface area (Å²) < 4.78 is 20.4. The van der Waals surface area contributed by atoms with Crippen LogP contribution in [0, 0.1) is 33.5 Å². The van der Waals surface area contributed by atoms with Crippen molar-refractivity contribution in [2.45, 2.75) is 40.2 Å². The summed E-state index contributed by atoms with van der Waals surface area (Å²) in [6.07, 6.45) is 2.35. The number of hydroxylamine groups is 1. The van der Waals surface area contributed by atoms with E-state index in [1.807, 2.05) is 13.0 Å². The van der Waals surface area contributed by atoms with Crippen LogP contribution < -0.4 is 10.2 Å². The molecule has 4 rings (SSSR count). The number of aliphatic imine (C=N–C) groups is 1. The van der Waals surface area contributed by atoms with E-state index in [1.165, 1.54) is 16.7 Å². The Hall–Kier alpha value is -3.25. The standard InChI is InChI=1S/C25H26FN3O2/c1-15-8-9-19(10-17(15)3)12-20-14-30-29-25(28-20)21-11-18(4)27-13-23(21)31-22-7-5-6-16(2)24(22)26/h5-11,13,20H,12,14H2,1-4H3,(H,28,29). The lowest BCUT2D eigenvalue weighted by atomic mass is 10.0. The number of rotatable bonds is 5. The molecule has 1 atom stereocenters. The van der Waals surface area contributed by atoms with E-state index in [-0.39, 0.29) is 11.8 Å². The minimum atomic E-state index is -0.392. The lowest BCUT2D eigenvalue weighted by Crippen LogP contribution is -2.36. The number of amidine groups is 1. The van der Waals surface area contributed by atoms with Crippen molar-refractivity contribution in [1.29, 1.82) is 0 Å². The number of hydrogen-bond donors (Lipinski definition) is 1. The highest BCUT2D eigenvalue weighted by Gasteiger charge is 2.21. The Morgan fingerprint density at radius 2 is 1.87 bits per heavy atom. The maximum absolute atomic E-state index is 14.5. The van der Waals surface area contributed by atoms with Gasteiger partial charge in [0.05, 0.1) is 24.4 Å². The Bertz CT molecular complexity index is 1140. The number of nitrogens with one attached hydrogen (secondary N) is 1. The Morgan fingerprint density at radius 3 is 2.68 bits per heavy atom. The zero-order chi connectivity index (χ0) is 22.0. The first kappa shape index (κ1) is 21.0. The number of benzene rings is 2. The summed E-state index contributed by atoms with van der Waals surface area (Å²) in [5.74, 6) is 0.720. The van der Waals surface area contributed by atoms with E-state index in [9.17, 15) is 4.39 Å². The zero-order valence-electron chi connectivity index (χ0n) is 18.2. The first-order valence-electron chi connectivity index (χ1n) is 10.3. The Labute approximate surface area is 181 Å². The predicted molar refractivity (Wildman–Crippen MR) is 119 cm³/mol. The number of hydrogen-bond acceptors (Lipinski definition) is 5. The monoisotopic (exact) mass is 419 g/mol. The summed E-state index contributed by atoms with van der Waals surface area (Å²) in [7, 11) is 0. The minimum absolute atomic E-state index is 0.0459. The van der Waals surface area contributed by atoms with E-state index in [1.54, 1.807) is 31.3 Å². The summed E-state index contributed by atoms with van der Waals surface area (Å²) in [5.41, 5.74) is 8.64. The summed E-state index contributed by atoms with van der Waals surface area (Å²) in [6.45, 7) is 8.27. The molecule has 1 N–H and O–H groups in total. The fourth-order valence-corrected chi connectivity index (χ4v) is 3.52. The summed E-state index contributed by atoms with van der Waals surface area (Å²) in [5, 5.41) is 0. The molecule has 0 aliphatic carbocycles. The summed E-state index contributed by atoms with van der Waals surface area (Å²) >= 11 is 0. The fraction of sp³-hybridized carbons (Fsp3) is 0.280. The largest absolute Gasteiger partial charge is 0.452 e. The topological polar surface area (TPSA) is 55.7 Å². The second kappa shape index (κ2) is 8.86. The molecule has 5 nitrogen and oxygen atoms in total. The summed E-state index contributed by atoms with van der Waals surface area (Å²) in [4.78, 5) is 14.8. The first-order chi connectivity index (χ1) is 14.9. The van der Waals surface area contributed by atoms with Gasteiger partial charge in [-0.15, -0.1) is 0 Å². The van der Waals surface area contributed by atoms with Gasteiger partial charge < -0.3 is 4.74 Å². The van der Waals surface area contributed by atoms with Gasteiger partial charge in [-0.2, -0.15) is 0 Å². The zero-order valence-corrected chi connectivity index (χ0v) is 18.2. The number of aryl methyl sites for hydroxylation is 4. The van der Waals surface area contributed by atoms with Crippen LogP contribution in [0.2, 0.25) is 0 Å². The number of nitrogens with zero attached hydrogens (tertiary/aromatic N) is 2. The van der Waals surface area contributed by atoms with Crippen molar-refractivity contribution in [3.8, 4) is 11.5 Å². The van der Waals surface area contributed by atoms with E-state index >= 15 is 0 Å². The highest BCUT2D eigenvalue weighted by atomic mass is 19.1. The van der Waals surface area contributed by atoms with Gasteiger partial charge in [0.25, 0.3) is 0 Å². The maximum atomic E-state index is 14.5. The van der Waals surface area contributed by atoms with Gasteiger partial charge in [-0.25, -0.2) is 9.87 Å². The van der Waals surface area contributed by atoms with E-state index in [0.717, 1.165) is 12.1 Å². The molecule has 0 amide bonds. The highest BCUT2D eigenvalue weighted by Crippen LogP contribution is 2.29. The van der Waals surface area contributed by atoms with Crippen molar-refractivity contribution in [1.82, 2.24) is 10.5 Å². The molecule has 0 radical (unpaired) electrons. The predicted octanol–water partition coefficient (Wildman–Crippen LogP) is 5.14. The molecule has 0 spiro atoms. The molecule has 0 fully saturated rings. The normalized spacial score (nSPS) is 15.9. The van der Waals surface area contributed by atoms with Gasteiger partial charge in [0.2, 0.25) is 0 Å². The molecule has 2 heterocycles. The molecule has 1 aliphatic rings. The second-order valence-corrected chi connectivity index (χ2v) is 7.98. The van der Waals surface area contributed by atoms with Crippen LogP contribution in [0.1, 0.15) is 33.5 Å². The van der Waals surface area contributed by atoms with Crippen LogP contribution in [-0.4, -0.2) is 23.5 Å². The molecule has 6 heteroatoms. The van der Waals surface area contributed by atoms with Gasteiger partial charge in [-0.05, 0) is 68.5 Å². The number of pyridine rings is 1. The Balaban J connectivity index is 1.63. The van der Waals surface area contributed by atoms with Crippen LogP contribution in [0.5, 0.6) is 11.5 Å². The van der Waals surface area contributed by atoms with Crippen LogP contribution >= 0.6 is 0 Å². The molecule has 1 aliphatic heterocycles. The van der Waals surface area contributed by atoms with Crippen molar-refractivity contribution >= 4 is 5.84 Å². The molecule has 2 aromatic carbocycles. The summed E-state index contributed by atoms with van der Waals surface area (Å²) in [6, 6.07) is 13.3. The number of halogens is 1. The average molecular weight is 420 g/mol. The third-order valence-electron chi connectivity index (χ3n) is 5.43. The third kappa shape index (κ3) is 4.75. The SMILES string of the molecule is Cc1cc(C2=NC(Cc3ccc(C)c(C)c3)CON2)c(Oc2cccc(C)c2F)cn1. The van der Waals surface area contributed by atoms with Crippen LogP contribution in [0.4, 0.5) is 4.39 Å². The first-order valence-corrected chi connectivity index (χ1v) is 10.3. The molecular formula is C25H26FN3O2. The average Bonchev–Trinajstić information content (AvgIpc) is 2.75. The third-order valence-corrected chi connectivity index (χ3v) is 5.43. The fourth-order valence-electron chi connectivity index (χ4n) is 3.52. The Kier molecular flexibility index (Phi) is 6.00. The van der Waals surface area contributed by atoms with E-state index in [4.69, 9.17) is 14.6 Å². The molecule has 31 heavy (non-hydrogen) atoms. The molecule has 0 bridgehead atoms. The highest BCUT2D eigenvalue weighted by molar-refractivity contribution is 6.01. The minimum Gasteiger partial charge on any atom is -0.452 e. The molecule has 1 unspecified atom stereocenters. The van der Waals surface area contributed by atoms with Crippen molar-refractivity contribution < 1.29 is 14.0 Å². The van der Waals surface area contributed by atoms with Gasteiger partial charge in [0.1, 0.15) is 0 Å². The lowest BCUT2D eigenvalue weighted by Gasteiger charge is -2.23. The van der Waals surface area contributed by atoms with Gasteiger partial charge in [0.15, 0.2) is 23.2 Å². The molecule has 160 valence electrons. The van der Waals surface area contributed by atoms with Gasteiger partial charge >= 0.3 is 0 Å². The number of ether oxygens (including phenoxy) is 1. The van der Waals surface area contributed by atoms with Crippen LogP contribution in [0.3, 0.4) is 0 Å². The molecule has 0 saturated carbocycles. The molecular weight excluding hydrogens is 393 g/mol. The van der Waals surface area contributed by atoms with Crippen molar-refractivity contribution in [2.24, 2.45) is 4.99 Å². The quantitative estimate of drug-likeness (QED) is 0.622. The molecule has 3 aromatic rings. The maximum Gasteiger partial charge on any atom is 0.168 e. The smallest absolute Gasteiger partial charge is 0.168 e. The lowest BCUT2D eigenvalue weighted by molar-refractivity contribution is 0.0623. The van der Waals surface area contributed by atoms with Crippen molar-refractivity contribution in [3.63, 3.8) is 0 Å². The molecule has 1 aromatic heterocycles. The second-order valence-electron chi connectivity index (χ2n) is 7.98. The van der Waals surface area contributed by atoms with Gasteiger partial charge in [-0.1, -0.05) is 30.3 Å². The van der Waals surface area contributed by atoms with Crippen molar-refractivity contribution in [2.75, 3.05) is 6.61 Å².